The minimum atomic E-state index is -0.0994. The molecule has 3 aromatic rings. The number of ether oxygens (including phenoxy) is 2. The number of aryl methyl sites for hydroxylation is 1. The van der Waals surface area contributed by atoms with Crippen LogP contribution in [0.3, 0.4) is 0 Å². The van der Waals surface area contributed by atoms with Gasteiger partial charge in [0, 0.05) is 24.7 Å². The van der Waals surface area contributed by atoms with Crippen molar-refractivity contribution in [3.8, 4) is 28.6 Å². The number of nitrogens with zero attached hydrogens (tertiary/aromatic N) is 3. The molecule has 1 N–H and O–H groups in total. The van der Waals surface area contributed by atoms with Crippen molar-refractivity contribution in [2.45, 2.75) is 52.7 Å². The maximum absolute atomic E-state index is 13.1. The van der Waals surface area contributed by atoms with Crippen LogP contribution in [0, 0.1) is 0 Å². The molecule has 0 spiro atoms. The van der Waals surface area contributed by atoms with Crippen molar-refractivity contribution >= 4 is 6.03 Å². The van der Waals surface area contributed by atoms with E-state index < -0.39 is 0 Å². The number of carbonyl (C=O) groups is 1. The molecule has 2 aromatic carbocycles. The Kier molecular flexibility index (Phi) is 7.98. The van der Waals surface area contributed by atoms with Crippen LogP contribution in [0.15, 0.2) is 54.6 Å². The van der Waals surface area contributed by atoms with Gasteiger partial charge >= 0.3 is 6.03 Å². The van der Waals surface area contributed by atoms with Gasteiger partial charge < -0.3 is 19.7 Å². The number of aromatic nitrogens is 2. The van der Waals surface area contributed by atoms with Crippen LogP contribution in [0.4, 0.5) is 4.79 Å². The molecular formula is C26H34N4O3. The SMILES string of the molecule is CC[C@@H](C)N(Cc1c(-c2ccccc2)nn(C)c1Oc1ccc(OC)cc1)C(=O)NC(C)C. The summed E-state index contributed by atoms with van der Waals surface area (Å²) in [5.41, 5.74) is 2.63. The highest BCUT2D eigenvalue weighted by molar-refractivity contribution is 5.75. The first-order valence-corrected chi connectivity index (χ1v) is 11.3. The number of benzene rings is 2. The van der Waals surface area contributed by atoms with Crippen molar-refractivity contribution in [2.75, 3.05) is 7.11 Å². The molecule has 0 aliphatic heterocycles. The van der Waals surface area contributed by atoms with Gasteiger partial charge in [-0.1, -0.05) is 37.3 Å². The minimum absolute atomic E-state index is 0.0430. The molecule has 1 heterocycles. The number of rotatable bonds is 9. The van der Waals surface area contributed by atoms with Gasteiger partial charge in [-0.05, 0) is 51.5 Å². The summed E-state index contributed by atoms with van der Waals surface area (Å²) < 4.78 is 13.3. The molecule has 7 heteroatoms. The van der Waals surface area contributed by atoms with Crippen molar-refractivity contribution in [1.29, 1.82) is 0 Å². The molecule has 0 radical (unpaired) electrons. The molecule has 2 amide bonds. The van der Waals surface area contributed by atoms with E-state index >= 15 is 0 Å². The largest absolute Gasteiger partial charge is 0.497 e. The Morgan fingerprint density at radius 1 is 1.06 bits per heavy atom. The highest BCUT2D eigenvalue weighted by atomic mass is 16.5. The predicted octanol–water partition coefficient (Wildman–Crippen LogP) is 5.61. The Balaban J connectivity index is 2.06. The molecule has 0 saturated heterocycles. The quantitative estimate of drug-likeness (QED) is 0.460. The first-order valence-electron chi connectivity index (χ1n) is 11.3. The van der Waals surface area contributed by atoms with Crippen molar-refractivity contribution < 1.29 is 14.3 Å². The molecule has 0 aliphatic carbocycles. The smallest absolute Gasteiger partial charge is 0.318 e. The molecule has 0 fully saturated rings. The molecule has 0 saturated carbocycles. The molecule has 3 rings (SSSR count). The normalized spacial score (nSPS) is 11.8. The Bertz CT molecular complexity index is 1050. The number of urea groups is 1. The topological polar surface area (TPSA) is 68.6 Å². The Morgan fingerprint density at radius 2 is 1.70 bits per heavy atom. The van der Waals surface area contributed by atoms with E-state index in [4.69, 9.17) is 14.6 Å². The van der Waals surface area contributed by atoms with Gasteiger partial charge in [0.05, 0.1) is 19.2 Å². The van der Waals surface area contributed by atoms with Gasteiger partial charge in [-0.2, -0.15) is 5.10 Å². The standard InChI is InChI=1S/C26H34N4O3/c1-7-19(4)30(26(31)27-18(2)3)17-23-24(20-11-9-8-10-12-20)28-29(5)25(23)33-22-15-13-21(32-6)14-16-22/h8-16,18-19H,7,17H2,1-6H3,(H,27,31)/t19-/m1/s1. The van der Waals surface area contributed by atoms with Gasteiger partial charge in [0.2, 0.25) is 5.88 Å². The summed E-state index contributed by atoms with van der Waals surface area (Å²) in [6.45, 7) is 8.44. The van der Waals surface area contributed by atoms with Crippen LogP contribution >= 0.6 is 0 Å². The number of hydrogen-bond acceptors (Lipinski definition) is 4. The van der Waals surface area contributed by atoms with Gasteiger partial charge in [-0.15, -0.1) is 0 Å². The second-order valence-electron chi connectivity index (χ2n) is 8.39. The number of amides is 2. The number of nitrogens with one attached hydrogen (secondary N) is 1. The lowest BCUT2D eigenvalue weighted by Crippen LogP contribution is -2.46. The third kappa shape index (κ3) is 5.86. The number of hydrogen-bond donors (Lipinski definition) is 1. The van der Waals surface area contributed by atoms with E-state index in [0.29, 0.717) is 18.2 Å². The van der Waals surface area contributed by atoms with Crippen LogP contribution in [0.25, 0.3) is 11.3 Å². The van der Waals surface area contributed by atoms with Gasteiger partial charge in [0.1, 0.15) is 17.2 Å². The number of carbonyl (C=O) groups excluding carboxylic acids is 1. The molecule has 33 heavy (non-hydrogen) atoms. The average molecular weight is 451 g/mol. The van der Waals surface area contributed by atoms with Crippen LogP contribution in [0.1, 0.15) is 39.7 Å². The molecule has 7 nitrogen and oxygen atoms in total. The second-order valence-corrected chi connectivity index (χ2v) is 8.39. The maximum Gasteiger partial charge on any atom is 0.318 e. The van der Waals surface area contributed by atoms with Gasteiger partial charge in [-0.3, -0.25) is 0 Å². The first-order chi connectivity index (χ1) is 15.8. The van der Waals surface area contributed by atoms with Crippen LogP contribution < -0.4 is 14.8 Å². The highest BCUT2D eigenvalue weighted by Gasteiger charge is 2.27. The molecule has 176 valence electrons. The molecular weight excluding hydrogens is 416 g/mol. The lowest BCUT2D eigenvalue weighted by Gasteiger charge is -2.30. The summed E-state index contributed by atoms with van der Waals surface area (Å²) >= 11 is 0. The predicted molar refractivity (Wildman–Crippen MR) is 131 cm³/mol. The summed E-state index contributed by atoms with van der Waals surface area (Å²) in [6, 6.07) is 17.4. The molecule has 1 aromatic heterocycles. The van der Waals surface area contributed by atoms with Crippen LogP contribution in [0.2, 0.25) is 0 Å². The summed E-state index contributed by atoms with van der Waals surface area (Å²) in [5.74, 6) is 2.02. The zero-order valence-corrected chi connectivity index (χ0v) is 20.3. The van der Waals surface area contributed by atoms with Gasteiger partial charge in [-0.25, -0.2) is 9.48 Å². The van der Waals surface area contributed by atoms with E-state index in [-0.39, 0.29) is 18.1 Å². The summed E-state index contributed by atoms with van der Waals surface area (Å²) in [7, 11) is 3.49. The van der Waals surface area contributed by atoms with Gasteiger partial charge in [0.15, 0.2) is 0 Å². The van der Waals surface area contributed by atoms with Gasteiger partial charge in [0.25, 0.3) is 0 Å². The Labute approximate surface area is 196 Å². The lowest BCUT2D eigenvalue weighted by molar-refractivity contribution is 0.170. The van der Waals surface area contributed by atoms with Crippen molar-refractivity contribution in [1.82, 2.24) is 20.0 Å². The van der Waals surface area contributed by atoms with E-state index in [1.54, 1.807) is 11.8 Å². The van der Waals surface area contributed by atoms with E-state index in [9.17, 15) is 4.79 Å². The lowest BCUT2D eigenvalue weighted by atomic mass is 10.1. The van der Waals surface area contributed by atoms with E-state index in [1.165, 1.54) is 0 Å². The fraction of sp³-hybridized carbons (Fsp3) is 0.385. The first kappa shape index (κ1) is 24.2. The summed E-state index contributed by atoms with van der Waals surface area (Å²) in [4.78, 5) is 14.9. The fourth-order valence-electron chi connectivity index (χ4n) is 3.55. The summed E-state index contributed by atoms with van der Waals surface area (Å²) in [5, 5.41) is 7.81. The zero-order chi connectivity index (χ0) is 24.0. The Morgan fingerprint density at radius 3 is 2.27 bits per heavy atom. The van der Waals surface area contributed by atoms with Crippen molar-refractivity contribution in [2.24, 2.45) is 7.05 Å². The van der Waals surface area contributed by atoms with Crippen LogP contribution in [-0.2, 0) is 13.6 Å². The summed E-state index contributed by atoms with van der Waals surface area (Å²) in [6.07, 6.45) is 0.834. The third-order valence-electron chi connectivity index (χ3n) is 5.53. The van der Waals surface area contributed by atoms with Crippen LogP contribution in [0.5, 0.6) is 17.4 Å². The molecule has 1 atom stereocenters. The maximum atomic E-state index is 13.1. The third-order valence-corrected chi connectivity index (χ3v) is 5.53. The molecule has 0 bridgehead atoms. The van der Waals surface area contributed by atoms with E-state index in [1.807, 2.05) is 80.4 Å². The second kappa shape index (κ2) is 10.9. The van der Waals surface area contributed by atoms with Crippen molar-refractivity contribution in [3.63, 3.8) is 0 Å². The fourth-order valence-corrected chi connectivity index (χ4v) is 3.55. The molecule has 0 unspecified atom stereocenters. The van der Waals surface area contributed by atoms with E-state index in [2.05, 4.69) is 19.2 Å². The molecule has 0 aliphatic rings. The zero-order valence-electron chi connectivity index (χ0n) is 20.3. The van der Waals surface area contributed by atoms with E-state index in [0.717, 1.165) is 29.0 Å². The number of methoxy groups -OCH3 is 1. The Hall–Kier alpha value is -3.48. The minimum Gasteiger partial charge on any atom is -0.497 e. The van der Waals surface area contributed by atoms with Crippen LogP contribution in [-0.4, -0.2) is 39.9 Å². The monoisotopic (exact) mass is 450 g/mol. The van der Waals surface area contributed by atoms with Crippen molar-refractivity contribution in [3.05, 3.63) is 60.2 Å². The highest BCUT2D eigenvalue weighted by Crippen LogP contribution is 2.35. The average Bonchev–Trinajstić information content (AvgIpc) is 3.12.